The molecule has 4 nitrogen and oxygen atoms in total. The Morgan fingerprint density at radius 1 is 1.19 bits per heavy atom. The van der Waals surface area contributed by atoms with Crippen LogP contribution < -0.4 is 0 Å². The first-order chi connectivity index (χ1) is 12.7. The van der Waals surface area contributed by atoms with E-state index in [2.05, 4.69) is 46.7 Å². The Kier molecular flexibility index (Phi) is 5.38. The molecule has 2 aromatic rings. The Bertz CT molecular complexity index is 723. The van der Waals surface area contributed by atoms with E-state index in [4.69, 9.17) is 4.74 Å². The maximum absolute atomic E-state index is 12.9. The number of amides is 1. The summed E-state index contributed by atoms with van der Waals surface area (Å²) in [5, 5.41) is 2.10. The molecule has 1 aromatic heterocycles. The van der Waals surface area contributed by atoms with Gasteiger partial charge in [-0.1, -0.05) is 30.3 Å². The lowest BCUT2D eigenvalue weighted by atomic mass is 10.1. The van der Waals surface area contributed by atoms with E-state index in [1.807, 2.05) is 4.90 Å². The molecule has 2 atom stereocenters. The van der Waals surface area contributed by atoms with Crippen LogP contribution in [0.3, 0.4) is 0 Å². The lowest BCUT2D eigenvalue weighted by Gasteiger charge is -2.27. The topological polar surface area (TPSA) is 32.8 Å². The first kappa shape index (κ1) is 17.7. The van der Waals surface area contributed by atoms with Crippen molar-refractivity contribution in [2.75, 3.05) is 26.7 Å². The molecule has 1 aromatic carbocycles. The molecule has 0 radical (unpaired) electrons. The van der Waals surface area contributed by atoms with E-state index in [-0.39, 0.29) is 18.1 Å². The minimum absolute atomic E-state index is 0.0463. The molecule has 0 saturated carbocycles. The Morgan fingerprint density at radius 2 is 1.96 bits per heavy atom. The fraction of sp³-hybridized carbons (Fsp3) is 0.476. The molecule has 0 spiro atoms. The second-order valence-electron chi connectivity index (χ2n) is 7.25. The van der Waals surface area contributed by atoms with Gasteiger partial charge in [-0.2, -0.15) is 0 Å². The van der Waals surface area contributed by atoms with Crippen LogP contribution in [0.1, 0.15) is 24.8 Å². The molecule has 0 N–H and O–H groups in total. The average molecular weight is 371 g/mol. The fourth-order valence-electron chi connectivity index (χ4n) is 4.06. The monoisotopic (exact) mass is 370 g/mol. The summed E-state index contributed by atoms with van der Waals surface area (Å²) in [5.41, 5.74) is 2.51. The summed E-state index contributed by atoms with van der Waals surface area (Å²) < 4.78 is 5.58. The van der Waals surface area contributed by atoms with Crippen molar-refractivity contribution < 1.29 is 9.53 Å². The van der Waals surface area contributed by atoms with Crippen LogP contribution >= 0.6 is 11.3 Å². The highest BCUT2D eigenvalue weighted by Crippen LogP contribution is 2.28. The van der Waals surface area contributed by atoms with Gasteiger partial charge in [0.15, 0.2) is 0 Å². The summed E-state index contributed by atoms with van der Waals surface area (Å²) in [5.74, 6) is 0.289. The maximum Gasteiger partial charge on any atom is 0.240 e. The lowest BCUT2D eigenvalue weighted by Crippen LogP contribution is -2.44. The first-order valence-corrected chi connectivity index (χ1v) is 10.3. The summed E-state index contributed by atoms with van der Waals surface area (Å²) in [7, 11) is 1.75. The molecule has 138 valence electrons. The third-order valence-electron chi connectivity index (χ3n) is 5.55. The van der Waals surface area contributed by atoms with Crippen molar-refractivity contribution in [3.63, 3.8) is 0 Å². The maximum atomic E-state index is 12.9. The second kappa shape index (κ2) is 7.91. The van der Waals surface area contributed by atoms with Gasteiger partial charge in [-0.05, 0) is 41.8 Å². The summed E-state index contributed by atoms with van der Waals surface area (Å²) in [4.78, 5) is 18.6. The molecule has 0 bridgehead atoms. The second-order valence-corrected chi connectivity index (χ2v) is 8.19. The smallest absolute Gasteiger partial charge is 0.240 e. The zero-order valence-electron chi connectivity index (χ0n) is 15.3. The Balaban J connectivity index is 1.46. The van der Waals surface area contributed by atoms with Crippen LogP contribution in [0.2, 0.25) is 0 Å². The van der Waals surface area contributed by atoms with E-state index >= 15 is 0 Å². The zero-order valence-corrected chi connectivity index (χ0v) is 16.1. The molecule has 2 saturated heterocycles. The van der Waals surface area contributed by atoms with Crippen LogP contribution in [0.25, 0.3) is 10.4 Å². The highest BCUT2D eigenvalue weighted by atomic mass is 32.1. The number of nitrogens with zero attached hydrogens (tertiary/aromatic N) is 2. The summed E-state index contributed by atoms with van der Waals surface area (Å²) in [6.45, 7) is 3.45. The van der Waals surface area contributed by atoms with E-state index in [0.717, 1.165) is 45.4 Å². The number of hydrogen-bond acceptors (Lipinski definition) is 4. The number of methoxy groups -OCH3 is 1. The van der Waals surface area contributed by atoms with Gasteiger partial charge < -0.3 is 9.64 Å². The molecule has 2 aliphatic rings. The number of likely N-dealkylation sites (tertiary alicyclic amines) is 2. The van der Waals surface area contributed by atoms with Gasteiger partial charge in [0.25, 0.3) is 0 Å². The van der Waals surface area contributed by atoms with Gasteiger partial charge in [0.2, 0.25) is 5.91 Å². The predicted octanol–water partition coefficient (Wildman–Crippen LogP) is 3.63. The molecular weight excluding hydrogens is 344 g/mol. The van der Waals surface area contributed by atoms with Crippen molar-refractivity contribution in [2.24, 2.45) is 0 Å². The third kappa shape index (κ3) is 3.70. The number of carbonyl (C=O) groups is 1. The van der Waals surface area contributed by atoms with Crippen molar-refractivity contribution in [1.29, 1.82) is 0 Å². The van der Waals surface area contributed by atoms with Crippen LogP contribution in [0, 0.1) is 0 Å². The summed E-state index contributed by atoms with van der Waals surface area (Å²) in [6.07, 6.45) is 3.23. The molecule has 2 fully saturated rings. The minimum atomic E-state index is -0.0463. The predicted molar refractivity (Wildman–Crippen MR) is 105 cm³/mol. The number of benzene rings is 1. The number of thiophene rings is 1. The van der Waals surface area contributed by atoms with Gasteiger partial charge in [0, 0.05) is 38.2 Å². The van der Waals surface area contributed by atoms with Crippen LogP contribution in [0.4, 0.5) is 0 Å². The largest absolute Gasteiger partial charge is 0.380 e. The summed E-state index contributed by atoms with van der Waals surface area (Å²) >= 11 is 1.76. The van der Waals surface area contributed by atoms with Crippen molar-refractivity contribution >= 4 is 17.2 Å². The minimum Gasteiger partial charge on any atom is -0.380 e. The molecule has 0 aliphatic carbocycles. The van der Waals surface area contributed by atoms with Gasteiger partial charge in [-0.15, -0.1) is 11.3 Å². The molecule has 5 heteroatoms. The van der Waals surface area contributed by atoms with Crippen LogP contribution in [0.5, 0.6) is 0 Å². The molecule has 1 amide bonds. The molecule has 3 heterocycles. The number of hydrogen-bond donors (Lipinski definition) is 0. The summed E-state index contributed by atoms with van der Waals surface area (Å²) in [6, 6.07) is 12.9. The molecule has 0 unspecified atom stereocenters. The van der Waals surface area contributed by atoms with E-state index in [1.54, 1.807) is 18.4 Å². The van der Waals surface area contributed by atoms with E-state index in [9.17, 15) is 4.79 Å². The first-order valence-electron chi connectivity index (χ1n) is 9.43. The fourth-order valence-corrected chi connectivity index (χ4v) is 4.80. The average Bonchev–Trinajstić information content (AvgIpc) is 3.42. The Labute approximate surface area is 159 Å². The SMILES string of the molecule is CO[C@H]1C[C@@H](C(=O)N2CCCC2)N(Cc2ccc(-c3cccs3)cc2)C1. The number of ether oxygens (including phenoxy) is 1. The normalized spacial score (nSPS) is 23.7. The van der Waals surface area contributed by atoms with Crippen molar-refractivity contribution in [3.8, 4) is 10.4 Å². The Morgan fingerprint density at radius 3 is 2.62 bits per heavy atom. The van der Waals surface area contributed by atoms with Gasteiger partial charge in [0.1, 0.15) is 0 Å². The standard InChI is InChI=1S/C21H26N2O2S/c1-25-18-13-19(21(24)22-10-2-3-11-22)23(15-18)14-16-6-8-17(9-7-16)20-5-4-12-26-20/h4-9,12,18-19H,2-3,10-11,13-15H2,1H3/t18-,19-/m0/s1. The van der Waals surface area contributed by atoms with Crippen LogP contribution in [0.15, 0.2) is 41.8 Å². The molecule has 2 aliphatic heterocycles. The number of carbonyl (C=O) groups excluding carboxylic acids is 1. The number of rotatable bonds is 5. The quantitative estimate of drug-likeness (QED) is 0.806. The van der Waals surface area contributed by atoms with E-state index < -0.39 is 0 Å². The van der Waals surface area contributed by atoms with Gasteiger partial charge in [-0.25, -0.2) is 0 Å². The highest BCUT2D eigenvalue weighted by molar-refractivity contribution is 7.13. The van der Waals surface area contributed by atoms with Gasteiger partial charge >= 0.3 is 0 Å². The van der Waals surface area contributed by atoms with E-state index in [0.29, 0.717) is 0 Å². The third-order valence-corrected chi connectivity index (χ3v) is 6.47. The van der Waals surface area contributed by atoms with Crippen LogP contribution in [-0.4, -0.2) is 54.6 Å². The highest BCUT2D eigenvalue weighted by Gasteiger charge is 2.39. The molecular formula is C21H26N2O2S. The van der Waals surface area contributed by atoms with Gasteiger partial charge in [0.05, 0.1) is 12.1 Å². The Hall–Kier alpha value is -1.69. The molecule has 4 rings (SSSR count). The molecule has 26 heavy (non-hydrogen) atoms. The lowest BCUT2D eigenvalue weighted by molar-refractivity contribution is -0.135. The van der Waals surface area contributed by atoms with Crippen molar-refractivity contribution in [1.82, 2.24) is 9.80 Å². The van der Waals surface area contributed by atoms with E-state index in [1.165, 1.54) is 16.0 Å². The van der Waals surface area contributed by atoms with Crippen molar-refractivity contribution in [2.45, 2.75) is 38.0 Å². The van der Waals surface area contributed by atoms with Crippen LogP contribution in [-0.2, 0) is 16.1 Å². The van der Waals surface area contributed by atoms with Crippen molar-refractivity contribution in [3.05, 3.63) is 47.3 Å². The van der Waals surface area contributed by atoms with Gasteiger partial charge in [-0.3, -0.25) is 9.69 Å². The zero-order chi connectivity index (χ0) is 17.9.